The van der Waals surface area contributed by atoms with E-state index in [1.165, 1.54) is 4.90 Å². The zero-order valence-electron chi connectivity index (χ0n) is 13.7. The van der Waals surface area contributed by atoms with Crippen LogP contribution in [0.15, 0.2) is 24.3 Å². The molecule has 26 heavy (non-hydrogen) atoms. The van der Waals surface area contributed by atoms with Crippen molar-refractivity contribution >= 4 is 17.8 Å². The average Bonchev–Trinajstić information content (AvgIpc) is 3.11. The Morgan fingerprint density at radius 1 is 1.08 bits per heavy atom. The molecule has 2 aliphatic rings. The molecule has 1 aromatic carbocycles. The number of benzene rings is 1. The largest absolute Gasteiger partial charge is 0.481 e. The third-order valence-electron chi connectivity index (χ3n) is 4.87. The molecule has 3 rings (SSSR count). The molecule has 9 heteroatoms. The lowest BCUT2D eigenvalue weighted by Gasteiger charge is -2.19. The van der Waals surface area contributed by atoms with Gasteiger partial charge in [-0.15, -0.1) is 0 Å². The van der Waals surface area contributed by atoms with Crippen molar-refractivity contribution in [2.45, 2.75) is 12.6 Å². The number of carboxylic acids is 1. The summed E-state index contributed by atoms with van der Waals surface area (Å²) in [6.45, 7) is -0.314. The van der Waals surface area contributed by atoms with Crippen LogP contribution in [0.4, 0.5) is 13.2 Å². The monoisotopic (exact) mass is 370 g/mol. The van der Waals surface area contributed by atoms with Gasteiger partial charge < -0.3 is 10.0 Å². The van der Waals surface area contributed by atoms with Crippen molar-refractivity contribution in [2.75, 3.05) is 26.2 Å². The predicted molar refractivity (Wildman–Crippen MR) is 83.5 cm³/mol. The number of aliphatic carboxylic acids is 1. The van der Waals surface area contributed by atoms with Crippen LogP contribution >= 0.6 is 0 Å². The number of hydrogen-bond donors (Lipinski definition) is 1. The predicted octanol–water partition coefficient (Wildman–Crippen LogP) is 1.87. The number of carboxylic acid groups (broad SMARTS) is 1. The Kier molecular flexibility index (Phi) is 4.74. The minimum absolute atomic E-state index is 0.0806. The molecule has 2 amide bonds. The number of nitrogens with zero attached hydrogens (tertiary/aromatic N) is 2. The molecule has 1 N–H and O–H groups in total. The Morgan fingerprint density at radius 3 is 2.12 bits per heavy atom. The average molecular weight is 370 g/mol. The summed E-state index contributed by atoms with van der Waals surface area (Å²) in [6, 6.07) is 6.42. The number of alkyl halides is 3. The van der Waals surface area contributed by atoms with Gasteiger partial charge in [-0.2, -0.15) is 13.2 Å². The highest BCUT2D eigenvalue weighted by Gasteiger charge is 2.52. The van der Waals surface area contributed by atoms with Crippen molar-refractivity contribution in [1.29, 1.82) is 0 Å². The maximum absolute atomic E-state index is 13.0. The number of hydrogen-bond acceptors (Lipinski definition) is 4. The quantitative estimate of drug-likeness (QED) is 0.801. The van der Waals surface area contributed by atoms with Crippen molar-refractivity contribution in [3.05, 3.63) is 35.4 Å². The summed E-state index contributed by atoms with van der Waals surface area (Å²) >= 11 is 0. The van der Waals surface area contributed by atoms with Crippen molar-refractivity contribution in [3.8, 4) is 0 Å². The van der Waals surface area contributed by atoms with E-state index >= 15 is 0 Å². The van der Waals surface area contributed by atoms with Gasteiger partial charge >= 0.3 is 12.1 Å². The highest BCUT2D eigenvalue weighted by atomic mass is 19.4. The number of amides is 2. The third-order valence-corrected chi connectivity index (χ3v) is 4.87. The zero-order chi connectivity index (χ0) is 19.1. The van der Waals surface area contributed by atoms with Gasteiger partial charge in [-0.1, -0.05) is 12.1 Å². The molecular formula is C17H17F3N2O4. The molecule has 2 atom stereocenters. The van der Waals surface area contributed by atoms with Gasteiger partial charge in [0.05, 0.1) is 23.0 Å². The second kappa shape index (κ2) is 6.71. The molecule has 1 aromatic rings. The van der Waals surface area contributed by atoms with Gasteiger partial charge in [-0.05, 0) is 25.1 Å². The first kappa shape index (κ1) is 18.4. The Hall–Kier alpha value is -2.42. The maximum atomic E-state index is 13.0. The van der Waals surface area contributed by atoms with E-state index in [-0.39, 0.29) is 32.6 Å². The number of rotatable bonds is 5. The van der Waals surface area contributed by atoms with Crippen LogP contribution in [0.25, 0.3) is 0 Å². The van der Waals surface area contributed by atoms with Crippen LogP contribution in [0, 0.1) is 11.8 Å². The Balaban J connectivity index is 1.57. The number of likely N-dealkylation sites (tertiary alicyclic amines) is 1. The molecule has 0 saturated carbocycles. The first-order valence-electron chi connectivity index (χ1n) is 8.17. The summed E-state index contributed by atoms with van der Waals surface area (Å²) in [6.07, 6.45) is -4.29. The summed E-state index contributed by atoms with van der Waals surface area (Å²) in [7, 11) is 0. The molecule has 0 aliphatic carbocycles. The summed E-state index contributed by atoms with van der Waals surface area (Å²) < 4.78 is 38.9. The van der Waals surface area contributed by atoms with E-state index < -0.39 is 35.8 Å². The summed E-state index contributed by atoms with van der Waals surface area (Å²) in [4.78, 5) is 38.0. The normalized spacial score (nSPS) is 23.6. The minimum Gasteiger partial charge on any atom is -0.481 e. The van der Waals surface area contributed by atoms with E-state index in [1.54, 1.807) is 24.3 Å². The van der Waals surface area contributed by atoms with E-state index in [0.717, 1.165) is 4.90 Å². The van der Waals surface area contributed by atoms with Crippen molar-refractivity contribution < 1.29 is 32.7 Å². The molecular weight excluding hydrogens is 353 g/mol. The molecule has 0 aromatic heterocycles. The Labute approximate surface area is 147 Å². The molecule has 0 spiro atoms. The number of carbonyl (C=O) groups is 3. The third kappa shape index (κ3) is 3.31. The van der Waals surface area contributed by atoms with Crippen LogP contribution in [-0.4, -0.2) is 65.0 Å². The lowest BCUT2D eigenvalue weighted by Crippen LogP contribution is -2.34. The number of fused-ring (bicyclic) bond motifs is 1. The van der Waals surface area contributed by atoms with Crippen LogP contribution in [0.2, 0.25) is 0 Å². The van der Waals surface area contributed by atoms with E-state index in [1.807, 2.05) is 0 Å². The van der Waals surface area contributed by atoms with Crippen LogP contribution in [0.1, 0.15) is 27.1 Å². The zero-order valence-corrected chi connectivity index (χ0v) is 13.7. The summed E-state index contributed by atoms with van der Waals surface area (Å²) in [5.41, 5.74) is 0.642. The number of imide groups is 1. The lowest BCUT2D eigenvalue weighted by molar-refractivity contribution is -0.188. The van der Waals surface area contributed by atoms with E-state index in [2.05, 4.69) is 0 Å². The standard InChI is InChI=1S/C17H17F3N2O4/c18-17(19,20)13-9-21(8-12(13)16(25)26)6-3-7-22-14(23)10-4-1-2-5-11(10)15(22)24/h1-2,4-5,12-13H,3,6-9H2,(H,25,26)/t12-,13-/m1/s1. The van der Waals surface area contributed by atoms with Gasteiger partial charge in [-0.3, -0.25) is 19.3 Å². The first-order valence-corrected chi connectivity index (χ1v) is 8.17. The maximum Gasteiger partial charge on any atom is 0.393 e. The Bertz CT molecular complexity index is 715. The molecule has 1 saturated heterocycles. The minimum atomic E-state index is -4.57. The van der Waals surface area contributed by atoms with Gasteiger partial charge in [0.2, 0.25) is 0 Å². The van der Waals surface area contributed by atoms with Gasteiger partial charge in [0, 0.05) is 19.6 Å². The first-order chi connectivity index (χ1) is 12.2. The molecule has 2 heterocycles. The van der Waals surface area contributed by atoms with Gasteiger partial charge in [0.1, 0.15) is 0 Å². The van der Waals surface area contributed by atoms with Crippen molar-refractivity contribution in [1.82, 2.24) is 9.80 Å². The number of carbonyl (C=O) groups excluding carboxylic acids is 2. The molecule has 0 bridgehead atoms. The fourth-order valence-corrected chi connectivity index (χ4v) is 3.54. The fourth-order valence-electron chi connectivity index (χ4n) is 3.54. The second-order valence-corrected chi connectivity index (χ2v) is 6.51. The molecule has 2 aliphatic heterocycles. The number of halogens is 3. The van der Waals surface area contributed by atoms with Crippen LogP contribution in [-0.2, 0) is 4.79 Å². The SMILES string of the molecule is O=C(O)[C@@H]1CN(CCCN2C(=O)c3ccccc3C2=O)C[C@H]1C(F)(F)F. The smallest absolute Gasteiger partial charge is 0.393 e. The van der Waals surface area contributed by atoms with Crippen molar-refractivity contribution in [3.63, 3.8) is 0 Å². The van der Waals surface area contributed by atoms with Crippen molar-refractivity contribution in [2.24, 2.45) is 11.8 Å². The fraction of sp³-hybridized carbons (Fsp3) is 0.471. The molecule has 6 nitrogen and oxygen atoms in total. The lowest BCUT2D eigenvalue weighted by atomic mass is 9.96. The van der Waals surface area contributed by atoms with Crippen LogP contribution < -0.4 is 0 Å². The molecule has 0 unspecified atom stereocenters. The van der Waals surface area contributed by atoms with Crippen LogP contribution in [0.5, 0.6) is 0 Å². The highest BCUT2D eigenvalue weighted by molar-refractivity contribution is 6.21. The molecule has 140 valence electrons. The molecule has 0 radical (unpaired) electrons. The van der Waals surface area contributed by atoms with Gasteiger partial charge in [0.25, 0.3) is 11.8 Å². The van der Waals surface area contributed by atoms with E-state index in [9.17, 15) is 27.6 Å². The van der Waals surface area contributed by atoms with E-state index in [0.29, 0.717) is 11.1 Å². The highest BCUT2D eigenvalue weighted by Crippen LogP contribution is 2.37. The van der Waals surface area contributed by atoms with Gasteiger partial charge in [0.15, 0.2) is 0 Å². The van der Waals surface area contributed by atoms with Crippen LogP contribution in [0.3, 0.4) is 0 Å². The second-order valence-electron chi connectivity index (χ2n) is 6.51. The summed E-state index contributed by atoms with van der Waals surface area (Å²) in [5.74, 6) is -5.68. The van der Waals surface area contributed by atoms with E-state index in [4.69, 9.17) is 5.11 Å². The molecule has 1 fully saturated rings. The Morgan fingerprint density at radius 2 is 1.65 bits per heavy atom. The van der Waals surface area contributed by atoms with Gasteiger partial charge in [-0.25, -0.2) is 0 Å². The topological polar surface area (TPSA) is 77.9 Å². The summed E-state index contributed by atoms with van der Waals surface area (Å²) in [5, 5.41) is 9.01.